The second kappa shape index (κ2) is 7.98. The molecule has 0 aromatic rings. The Hall–Kier alpha value is -0.900. The SMILES string of the molecule is CC(=O)C1CCC(C(=O)N2CCC(CCCC34CC5CNCC(C3)C54)CC2)CC1. The Morgan fingerprint density at radius 1 is 0.931 bits per heavy atom. The third-order valence-corrected chi connectivity index (χ3v) is 9.74. The maximum atomic E-state index is 12.9. The molecule has 2 saturated heterocycles. The van der Waals surface area contributed by atoms with E-state index in [4.69, 9.17) is 0 Å². The fourth-order valence-electron chi connectivity index (χ4n) is 8.13. The molecule has 5 aliphatic rings. The van der Waals surface area contributed by atoms with Gasteiger partial charge in [0.1, 0.15) is 5.78 Å². The van der Waals surface area contributed by atoms with E-state index in [1.54, 1.807) is 6.92 Å². The molecule has 3 aliphatic carbocycles. The Bertz CT molecular complexity index is 617. The Morgan fingerprint density at radius 2 is 1.55 bits per heavy atom. The molecule has 2 heterocycles. The van der Waals surface area contributed by atoms with Crippen LogP contribution in [0.2, 0.25) is 0 Å². The van der Waals surface area contributed by atoms with E-state index >= 15 is 0 Å². The minimum atomic E-state index is 0.185. The number of rotatable bonds is 6. The molecule has 4 heteroatoms. The van der Waals surface area contributed by atoms with Gasteiger partial charge in [-0.2, -0.15) is 0 Å². The van der Waals surface area contributed by atoms with E-state index < -0.39 is 0 Å². The fraction of sp³-hybridized carbons (Fsp3) is 0.920. The van der Waals surface area contributed by atoms with Gasteiger partial charge in [0.05, 0.1) is 0 Å². The van der Waals surface area contributed by atoms with Gasteiger partial charge in [-0.25, -0.2) is 0 Å². The number of nitrogens with one attached hydrogen (secondary N) is 1. The van der Waals surface area contributed by atoms with E-state index in [2.05, 4.69) is 10.2 Å². The minimum absolute atomic E-state index is 0.185. The molecule has 3 saturated carbocycles. The van der Waals surface area contributed by atoms with E-state index in [-0.39, 0.29) is 11.8 Å². The maximum absolute atomic E-state index is 12.9. The predicted molar refractivity (Wildman–Crippen MR) is 114 cm³/mol. The number of piperidine rings is 2. The second-order valence-corrected chi connectivity index (χ2v) is 11.3. The molecule has 1 amide bonds. The summed E-state index contributed by atoms with van der Waals surface area (Å²) in [5, 5.41) is 3.63. The topological polar surface area (TPSA) is 49.4 Å². The molecular weight excluding hydrogens is 360 g/mol. The average Bonchev–Trinajstić information content (AvgIpc) is 2.71. The first-order valence-corrected chi connectivity index (χ1v) is 12.6. The van der Waals surface area contributed by atoms with Crippen molar-refractivity contribution in [3.05, 3.63) is 0 Å². The Labute approximate surface area is 176 Å². The molecule has 4 nitrogen and oxygen atoms in total. The Kier molecular flexibility index (Phi) is 5.51. The van der Waals surface area contributed by atoms with Crippen LogP contribution in [0.4, 0.5) is 0 Å². The van der Waals surface area contributed by atoms with Crippen molar-refractivity contribution in [2.75, 3.05) is 26.2 Å². The smallest absolute Gasteiger partial charge is 0.225 e. The van der Waals surface area contributed by atoms with Crippen LogP contribution in [0.3, 0.4) is 0 Å². The number of likely N-dealkylation sites (tertiary alicyclic amines) is 1. The molecule has 2 aliphatic heterocycles. The molecule has 1 N–H and O–H groups in total. The number of nitrogens with zero attached hydrogens (tertiary/aromatic N) is 1. The summed E-state index contributed by atoms with van der Waals surface area (Å²) >= 11 is 0. The predicted octanol–water partition coefficient (Wildman–Crippen LogP) is 4.04. The molecule has 2 unspecified atom stereocenters. The van der Waals surface area contributed by atoms with Crippen molar-refractivity contribution in [2.45, 2.75) is 77.6 Å². The van der Waals surface area contributed by atoms with Crippen molar-refractivity contribution >= 4 is 11.7 Å². The van der Waals surface area contributed by atoms with E-state index in [1.165, 1.54) is 58.0 Å². The quantitative estimate of drug-likeness (QED) is 0.732. The third-order valence-electron chi connectivity index (χ3n) is 9.74. The largest absolute Gasteiger partial charge is 0.342 e. The lowest BCUT2D eigenvalue weighted by Gasteiger charge is -2.70. The molecule has 0 spiro atoms. The summed E-state index contributed by atoms with van der Waals surface area (Å²) in [5.74, 6) is 5.01. The first kappa shape index (κ1) is 20.0. The van der Waals surface area contributed by atoms with Crippen molar-refractivity contribution in [1.82, 2.24) is 10.2 Å². The summed E-state index contributed by atoms with van der Waals surface area (Å²) in [4.78, 5) is 26.6. The van der Waals surface area contributed by atoms with Gasteiger partial charge in [-0.1, -0.05) is 12.8 Å². The lowest BCUT2D eigenvalue weighted by atomic mass is 9.36. The third kappa shape index (κ3) is 3.68. The molecule has 0 aromatic heterocycles. The zero-order valence-corrected chi connectivity index (χ0v) is 18.3. The van der Waals surface area contributed by atoms with Gasteiger partial charge in [-0.05, 0) is 107 Å². The summed E-state index contributed by atoms with van der Waals surface area (Å²) in [5.41, 5.74) is 0.757. The summed E-state index contributed by atoms with van der Waals surface area (Å²) in [6.07, 6.45) is 13.4. The van der Waals surface area contributed by atoms with E-state index in [1.807, 2.05) is 0 Å². The zero-order chi connectivity index (χ0) is 20.0. The normalized spacial score (nSPS) is 41.8. The molecule has 2 atom stereocenters. The van der Waals surface area contributed by atoms with Crippen LogP contribution in [0.5, 0.6) is 0 Å². The zero-order valence-electron chi connectivity index (χ0n) is 18.3. The Balaban J connectivity index is 1.00. The Morgan fingerprint density at radius 3 is 2.17 bits per heavy atom. The average molecular weight is 401 g/mol. The van der Waals surface area contributed by atoms with Gasteiger partial charge in [-0.3, -0.25) is 9.59 Å². The maximum Gasteiger partial charge on any atom is 0.225 e. The summed E-state index contributed by atoms with van der Waals surface area (Å²) < 4.78 is 0. The molecule has 0 aromatic carbocycles. The first-order valence-electron chi connectivity index (χ1n) is 12.6. The monoisotopic (exact) mass is 400 g/mol. The number of Topliss-reactive ketones (excluding diaryl/α,β-unsaturated/α-hetero) is 1. The van der Waals surface area contributed by atoms with Gasteiger partial charge in [0, 0.05) is 24.9 Å². The van der Waals surface area contributed by atoms with Gasteiger partial charge in [0.25, 0.3) is 0 Å². The van der Waals surface area contributed by atoms with Gasteiger partial charge >= 0.3 is 0 Å². The van der Waals surface area contributed by atoms with Crippen LogP contribution in [0.15, 0.2) is 0 Å². The van der Waals surface area contributed by atoms with Crippen LogP contribution in [0, 0.1) is 40.9 Å². The number of ketones is 1. The highest BCUT2D eigenvalue weighted by Crippen LogP contribution is 2.70. The van der Waals surface area contributed by atoms with E-state index in [0.29, 0.717) is 11.7 Å². The highest BCUT2D eigenvalue weighted by Gasteiger charge is 2.64. The van der Waals surface area contributed by atoms with Crippen molar-refractivity contribution in [3.63, 3.8) is 0 Å². The number of hydrogen-bond acceptors (Lipinski definition) is 3. The standard InChI is InChI=1S/C25H40N2O2/c1-17(28)19-4-6-20(7-5-19)24(29)27-11-8-18(9-12-27)3-2-10-25-13-21-15-26-16-22(14-25)23(21)25/h18-23,26H,2-16H2,1H3. The minimum Gasteiger partial charge on any atom is -0.342 e. The van der Waals surface area contributed by atoms with Crippen molar-refractivity contribution in [3.8, 4) is 0 Å². The van der Waals surface area contributed by atoms with Crippen molar-refractivity contribution in [1.29, 1.82) is 0 Å². The van der Waals surface area contributed by atoms with Crippen LogP contribution in [-0.4, -0.2) is 42.8 Å². The summed E-state index contributed by atoms with van der Waals surface area (Å²) in [6, 6.07) is 0. The van der Waals surface area contributed by atoms with Crippen molar-refractivity contribution < 1.29 is 9.59 Å². The van der Waals surface area contributed by atoms with Gasteiger partial charge in [-0.15, -0.1) is 0 Å². The van der Waals surface area contributed by atoms with Crippen LogP contribution >= 0.6 is 0 Å². The number of amides is 1. The van der Waals surface area contributed by atoms with E-state index in [9.17, 15) is 9.59 Å². The fourth-order valence-corrected chi connectivity index (χ4v) is 8.13. The molecule has 0 bridgehead atoms. The first-order chi connectivity index (χ1) is 14.1. The highest BCUT2D eigenvalue weighted by molar-refractivity contribution is 5.81. The van der Waals surface area contributed by atoms with Crippen LogP contribution < -0.4 is 5.32 Å². The lowest BCUT2D eigenvalue weighted by Crippen LogP contribution is -2.68. The van der Waals surface area contributed by atoms with Gasteiger partial charge < -0.3 is 10.2 Å². The number of hydrogen-bond donors (Lipinski definition) is 1. The molecular formula is C25H40N2O2. The highest BCUT2D eigenvalue weighted by atomic mass is 16.2. The van der Waals surface area contributed by atoms with Gasteiger partial charge in [0.15, 0.2) is 0 Å². The van der Waals surface area contributed by atoms with Crippen LogP contribution in [0.25, 0.3) is 0 Å². The summed E-state index contributed by atoms with van der Waals surface area (Å²) in [7, 11) is 0. The molecule has 162 valence electrons. The number of carbonyl (C=O) groups is 2. The van der Waals surface area contributed by atoms with Crippen molar-refractivity contribution in [2.24, 2.45) is 40.9 Å². The van der Waals surface area contributed by atoms with Crippen LogP contribution in [-0.2, 0) is 9.59 Å². The van der Waals surface area contributed by atoms with Gasteiger partial charge in [0.2, 0.25) is 5.91 Å². The number of carbonyl (C=O) groups excluding carboxylic acids is 2. The lowest BCUT2D eigenvalue weighted by molar-refractivity contribution is -0.203. The summed E-state index contributed by atoms with van der Waals surface area (Å²) in [6.45, 7) is 6.22. The molecule has 29 heavy (non-hydrogen) atoms. The molecule has 5 rings (SSSR count). The van der Waals surface area contributed by atoms with Crippen LogP contribution in [0.1, 0.15) is 77.6 Å². The molecule has 0 radical (unpaired) electrons. The second-order valence-electron chi connectivity index (χ2n) is 11.3. The van der Waals surface area contributed by atoms with E-state index in [0.717, 1.165) is 67.9 Å². The molecule has 5 fully saturated rings.